The van der Waals surface area contributed by atoms with Gasteiger partial charge in [-0.05, 0) is 5.56 Å². The highest BCUT2D eigenvalue weighted by molar-refractivity contribution is 5.49. The molecule has 0 heterocycles. The topological polar surface area (TPSA) is 20.2 Å². The Morgan fingerprint density at radius 2 is 1.80 bits per heavy atom. The van der Waals surface area contributed by atoms with Gasteiger partial charge in [0.25, 0.3) is 0 Å². The second kappa shape index (κ2) is 3.85. The lowest BCUT2D eigenvalue weighted by atomic mass is 10.2. The summed E-state index contributed by atoms with van der Waals surface area (Å²) in [5, 5.41) is 8.32. The van der Waals surface area contributed by atoms with Gasteiger partial charge in [0.1, 0.15) is 6.61 Å². The first-order valence-corrected chi connectivity index (χ1v) is 3.12. The third kappa shape index (κ3) is 2.03. The van der Waals surface area contributed by atoms with Gasteiger partial charge < -0.3 is 5.11 Å². The maximum Gasteiger partial charge on any atom is 0.102 e. The second-order valence-electron chi connectivity index (χ2n) is 1.92. The molecule has 1 nitrogen and oxygen atoms in total. The Kier molecular flexibility index (Phi) is 2.71. The van der Waals surface area contributed by atoms with E-state index in [-0.39, 0.29) is 0 Å². The van der Waals surface area contributed by atoms with Gasteiger partial charge in [0, 0.05) is 0 Å². The molecule has 0 saturated heterocycles. The molecule has 1 rings (SSSR count). The minimum Gasteiger partial charge on any atom is -0.386 e. The van der Waals surface area contributed by atoms with E-state index in [4.69, 9.17) is 5.11 Å². The molecule has 0 bridgehead atoms. The van der Waals surface area contributed by atoms with E-state index in [1.54, 1.807) is 6.08 Å². The van der Waals surface area contributed by atoms with Crippen molar-refractivity contribution < 1.29 is 5.11 Å². The number of hydrogen-bond acceptors (Lipinski definition) is 1. The van der Waals surface area contributed by atoms with Crippen LogP contribution in [0.2, 0.25) is 0 Å². The quantitative estimate of drug-likeness (QED) is 0.656. The molecule has 0 unspecified atom stereocenters. The highest BCUT2D eigenvalue weighted by Crippen LogP contribution is 2.00. The first-order chi connectivity index (χ1) is 4.93. The summed E-state index contributed by atoms with van der Waals surface area (Å²) in [6.45, 7) is 1.02. The fourth-order valence-electron chi connectivity index (χ4n) is 0.718. The van der Waals surface area contributed by atoms with Crippen molar-refractivity contribution in [3.8, 4) is 0 Å². The summed E-state index contributed by atoms with van der Waals surface area (Å²) in [7, 11) is 0. The fraction of sp³-hybridized carbons (Fsp3) is 0. The van der Waals surface area contributed by atoms with E-state index in [9.17, 15) is 0 Å². The summed E-state index contributed by atoms with van der Waals surface area (Å²) in [5.74, 6) is 0. The molecule has 1 radical (unpaired) electrons. The fourth-order valence-corrected chi connectivity index (χ4v) is 0.718. The maximum atomic E-state index is 8.32. The van der Waals surface area contributed by atoms with Crippen LogP contribution in [0.3, 0.4) is 0 Å². The lowest BCUT2D eigenvalue weighted by Crippen LogP contribution is -1.68. The smallest absolute Gasteiger partial charge is 0.102 e. The van der Waals surface area contributed by atoms with Crippen molar-refractivity contribution >= 4 is 6.08 Å². The zero-order valence-corrected chi connectivity index (χ0v) is 5.57. The van der Waals surface area contributed by atoms with Crippen LogP contribution in [-0.2, 0) is 0 Å². The number of aliphatic hydroxyl groups is 1. The minimum atomic E-state index is 1.02. The van der Waals surface area contributed by atoms with Crippen molar-refractivity contribution in [3.05, 3.63) is 48.6 Å². The summed E-state index contributed by atoms with van der Waals surface area (Å²) in [4.78, 5) is 0. The van der Waals surface area contributed by atoms with Crippen molar-refractivity contribution in [2.45, 2.75) is 0 Å². The van der Waals surface area contributed by atoms with Crippen molar-refractivity contribution in [1.29, 1.82) is 0 Å². The summed E-state index contributed by atoms with van der Waals surface area (Å²) in [5.41, 5.74) is 1.09. The highest BCUT2D eigenvalue weighted by atomic mass is 16.2. The van der Waals surface area contributed by atoms with E-state index in [1.807, 2.05) is 36.4 Å². The molecule has 0 fully saturated rings. The zero-order valence-electron chi connectivity index (χ0n) is 5.57. The molecule has 1 heteroatoms. The molecule has 51 valence electrons. The van der Waals surface area contributed by atoms with Gasteiger partial charge in [-0.2, -0.15) is 0 Å². The lowest BCUT2D eigenvalue weighted by Gasteiger charge is -1.87. The molecule has 0 aliphatic rings. The Bertz CT molecular complexity index is 201. The van der Waals surface area contributed by atoms with E-state index in [0.717, 1.165) is 12.2 Å². The van der Waals surface area contributed by atoms with Crippen LogP contribution in [0.15, 0.2) is 36.4 Å². The van der Waals surface area contributed by atoms with Crippen molar-refractivity contribution in [2.75, 3.05) is 0 Å². The molecule has 1 N–H and O–H groups in total. The van der Waals surface area contributed by atoms with Gasteiger partial charge >= 0.3 is 0 Å². The summed E-state index contributed by atoms with van der Waals surface area (Å²) in [6.07, 6.45) is 3.43. The van der Waals surface area contributed by atoms with E-state index in [1.165, 1.54) is 0 Å². The van der Waals surface area contributed by atoms with Crippen LogP contribution in [-0.4, -0.2) is 5.11 Å². The van der Waals surface area contributed by atoms with E-state index in [0.29, 0.717) is 0 Å². The highest BCUT2D eigenvalue weighted by Gasteiger charge is 1.79. The third-order valence-electron chi connectivity index (χ3n) is 1.17. The van der Waals surface area contributed by atoms with Gasteiger partial charge in [0.2, 0.25) is 0 Å². The summed E-state index contributed by atoms with van der Waals surface area (Å²) >= 11 is 0. The predicted molar refractivity (Wildman–Crippen MR) is 41.7 cm³/mol. The van der Waals surface area contributed by atoms with Gasteiger partial charge in [0.15, 0.2) is 0 Å². The van der Waals surface area contributed by atoms with Crippen LogP contribution < -0.4 is 0 Å². The van der Waals surface area contributed by atoms with Gasteiger partial charge in [0.05, 0.1) is 0 Å². The average Bonchev–Trinajstić information content (AvgIpc) is 2.03. The molecule has 1 aromatic rings. The molecule has 0 saturated carbocycles. The van der Waals surface area contributed by atoms with Crippen LogP contribution in [0.25, 0.3) is 6.08 Å². The first kappa shape index (κ1) is 7.03. The van der Waals surface area contributed by atoms with Gasteiger partial charge in [-0.1, -0.05) is 42.5 Å². The number of benzene rings is 1. The van der Waals surface area contributed by atoms with Gasteiger partial charge in [-0.3, -0.25) is 0 Å². The average molecular weight is 133 g/mol. The minimum absolute atomic E-state index is 1.02. The van der Waals surface area contributed by atoms with Gasteiger partial charge in [-0.15, -0.1) is 0 Å². The maximum absolute atomic E-state index is 8.32. The normalized spacial score (nSPS) is 10.5. The summed E-state index contributed by atoms with van der Waals surface area (Å²) < 4.78 is 0. The molecule has 0 amide bonds. The molecule has 0 aliphatic heterocycles. The van der Waals surface area contributed by atoms with Gasteiger partial charge in [-0.25, -0.2) is 0 Å². The van der Waals surface area contributed by atoms with E-state index in [2.05, 4.69) is 0 Å². The Labute approximate surface area is 60.6 Å². The molecular weight excluding hydrogens is 124 g/mol. The first-order valence-electron chi connectivity index (χ1n) is 3.12. The lowest BCUT2D eigenvalue weighted by molar-refractivity contribution is 0.421. The molecule has 0 aliphatic carbocycles. The predicted octanol–water partition coefficient (Wildman–Crippen LogP) is 2.23. The van der Waals surface area contributed by atoms with Crippen molar-refractivity contribution in [3.63, 3.8) is 0 Å². The third-order valence-corrected chi connectivity index (χ3v) is 1.17. The standard InChI is InChI=1S/C9H9O/c10-8-4-7-9-5-2-1-3-6-9/h1-8,10H/b7-4+. The van der Waals surface area contributed by atoms with Crippen LogP contribution in [0.4, 0.5) is 0 Å². The number of hydrogen-bond donors (Lipinski definition) is 1. The second-order valence-corrected chi connectivity index (χ2v) is 1.92. The van der Waals surface area contributed by atoms with Crippen molar-refractivity contribution in [2.24, 2.45) is 0 Å². The Morgan fingerprint density at radius 1 is 1.10 bits per heavy atom. The van der Waals surface area contributed by atoms with Crippen LogP contribution >= 0.6 is 0 Å². The Hall–Kier alpha value is -1.08. The van der Waals surface area contributed by atoms with E-state index >= 15 is 0 Å². The van der Waals surface area contributed by atoms with Crippen LogP contribution in [0.5, 0.6) is 0 Å². The van der Waals surface area contributed by atoms with Crippen LogP contribution in [0.1, 0.15) is 5.56 Å². The molecule has 0 atom stereocenters. The number of rotatable bonds is 2. The van der Waals surface area contributed by atoms with E-state index < -0.39 is 0 Å². The summed E-state index contributed by atoms with van der Waals surface area (Å²) in [6, 6.07) is 9.81. The largest absolute Gasteiger partial charge is 0.386 e. The Morgan fingerprint density at radius 3 is 2.40 bits per heavy atom. The number of aliphatic hydroxyl groups excluding tert-OH is 1. The molecule has 0 spiro atoms. The molecular formula is C9H9O. The Balaban J connectivity index is 2.67. The zero-order chi connectivity index (χ0) is 7.23. The molecule has 0 aromatic heterocycles. The van der Waals surface area contributed by atoms with Crippen molar-refractivity contribution in [1.82, 2.24) is 0 Å². The van der Waals surface area contributed by atoms with Crippen LogP contribution in [0, 0.1) is 6.61 Å². The monoisotopic (exact) mass is 133 g/mol. The SMILES string of the molecule is O[CH]/C=C/c1ccccc1. The molecule has 10 heavy (non-hydrogen) atoms. The molecule has 1 aromatic carbocycles.